The van der Waals surface area contributed by atoms with Gasteiger partial charge in [-0.05, 0) is 40.5 Å². The number of benzene rings is 1. The van der Waals surface area contributed by atoms with E-state index in [4.69, 9.17) is 10.5 Å². The van der Waals surface area contributed by atoms with E-state index in [1.165, 1.54) is 13.2 Å². The molecule has 0 unspecified atom stereocenters. The second-order valence-electron chi connectivity index (χ2n) is 4.31. The lowest BCUT2D eigenvalue weighted by molar-refractivity contribution is -0.120. The number of sulfonamides is 1. The molecule has 0 fully saturated rings. The minimum absolute atomic E-state index is 0.0490. The Morgan fingerprint density at radius 2 is 2.10 bits per heavy atom. The maximum Gasteiger partial charge on any atom is 0.241 e. The summed E-state index contributed by atoms with van der Waals surface area (Å²) in [5, 5.41) is 2.52. The van der Waals surface area contributed by atoms with Gasteiger partial charge in [0.2, 0.25) is 15.9 Å². The molecule has 0 aliphatic heterocycles. The van der Waals surface area contributed by atoms with Crippen molar-refractivity contribution >= 4 is 37.5 Å². The van der Waals surface area contributed by atoms with E-state index in [-0.39, 0.29) is 11.4 Å². The van der Waals surface area contributed by atoms with Crippen LogP contribution in [0.1, 0.15) is 5.56 Å². The maximum atomic E-state index is 12.2. The number of aryl methyl sites for hydroxylation is 1. The molecule has 7 nitrogen and oxygen atoms in total. The average molecular weight is 380 g/mol. The van der Waals surface area contributed by atoms with Gasteiger partial charge in [0.05, 0.1) is 18.0 Å². The van der Waals surface area contributed by atoms with Crippen LogP contribution in [-0.4, -0.2) is 41.1 Å². The third kappa shape index (κ3) is 5.27. The summed E-state index contributed by atoms with van der Waals surface area (Å²) in [4.78, 5) is 11.5. The van der Waals surface area contributed by atoms with Crippen LogP contribution in [0.5, 0.6) is 0 Å². The molecule has 0 aliphatic carbocycles. The minimum atomic E-state index is -3.80. The molecule has 1 amide bonds. The number of rotatable bonds is 7. The van der Waals surface area contributed by atoms with Crippen LogP contribution in [0.15, 0.2) is 21.5 Å². The lowest BCUT2D eigenvalue weighted by atomic mass is 10.2. The van der Waals surface area contributed by atoms with Gasteiger partial charge in [0.25, 0.3) is 0 Å². The van der Waals surface area contributed by atoms with E-state index in [2.05, 4.69) is 26.0 Å². The Hall–Kier alpha value is -1.16. The summed E-state index contributed by atoms with van der Waals surface area (Å²) in [5.41, 5.74) is 6.53. The van der Waals surface area contributed by atoms with Gasteiger partial charge in [0.1, 0.15) is 0 Å². The van der Waals surface area contributed by atoms with Crippen molar-refractivity contribution in [3.05, 3.63) is 22.2 Å². The topological polar surface area (TPSA) is 111 Å². The van der Waals surface area contributed by atoms with E-state index in [9.17, 15) is 13.2 Å². The van der Waals surface area contributed by atoms with Crippen LogP contribution >= 0.6 is 15.9 Å². The van der Waals surface area contributed by atoms with Gasteiger partial charge in [-0.1, -0.05) is 0 Å². The van der Waals surface area contributed by atoms with Crippen LogP contribution < -0.4 is 15.8 Å². The molecule has 0 aliphatic rings. The summed E-state index contributed by atoms with van der Waals surface area (Å²) in [6.07, 6.45) is 0. The van der Waals surface area contributed by atoms with Gasteiger partial charge in [-0.15, -0.1) is 0 Å². The van der Waals surface area contributed by atoms with Crippen molar-refractivity contribution in [3.63, 3.8) is 0 Å². The number of carbonyl (C=O) groups is 1. The second kappa shape index (κ2) is 7.74. The molecular formula is C12H18BrN3O4S. The molecule has 4 N–H and O–H groups in total. The highest BCUT2D eigenvalue weighted by Crippen LogP contribution is 2.26. The van der Waals surface area contributed by atoms with E-state index in [1.807, 2.05) is 0 Å². The van der Waals surface area contributed by atoms with E-state index >= 15 is 0 Å². The number of amides is 1. The number of hydrogen-bond acceptors (Lipinski definition) is 5. The monoisotopic (exact) mass is 379 g/mol. The first-order valence-electron chi connectivity index (χ1n) is 6.09. The molecule has 0 saturated heterocycles. The maximum absolute atomic E-state index is 12.2. The van der Waals surface area contributed by atoms with Crippen molar-refractivity contribution in [2.45, 2.75) is 11.8 Å². The number of ether oxygens (including phenoxy) is 1. The van der Waals surface area contributed by atoms with Crippen molar-refractivity contribution in [1.82, 2.24) is 10.0 Å². The zero-order chi connectivity index (χ0) is 16.0. The molecular weight excluding hydrogens is 362 g/mol. The van der Waals surface area contributed by atoms with Crippen molar-refractivity contribution in [3.8, 4) is 0 Å². The SMILES string of the molecule is COCCNC(=O)CNS(=O)(=O)c1cc(N)c(Br)cc1C. The van der Waals surface area contributed by atoms with Gasteiger partial charge in [-0.3, -0.25) is 4.79 Å². The molecule has 1 rings (SSSR count). The fraction of sp³-hybridized carbons (Fsp3) is 0.417. The predicted molar refractivity (Wildman–Crippen MR) is 83.4 cm³/mol. The van der Waals surface area contributed by atoms with Gasteiger partial charge < -0.3 is 15.8 Å². The summed E-state index contributed by atoms with van der Waals surface area (Å²) < 4.78 is 32.0. The number of nitrogens with two attached hydrogens (primary N) is 1. The van der Waals surface area contributed by atoms with Crippen molar-refractivity contribution < 1.29 is 17.9 Å². The Balaban J connectivity index is 2.74. The van der Waals surface area contributed by atoms with Gasteiger partial charge >= 0.3 is 0 Å². The third-order valence-electron chi connectivity index (χ3n) is 2.63. The molecule has 0 atom stereocenters. The Bertz CT molecular complexity index is 619. The molecule has 0 bridgehead atoms. The summed E-state index contributed by atoms with van der Waals surface area (Å²) in [6, 6.07) is 2.97. The summed E-state index contributed by atoms with van der Waals surface area (Å²) in [5.74, 6) is -0.432. The summed E-state index contributed by atoms with van der Waals surface area (Å²) >= 11 is 3.23. The van der Waals surface area contributed by atoms with Crippen LogP contribution in [-0.2, 0) is 19.6 Å². The first-order chi connectivity index (χ1) is 9.77. The molecule has 0 saturated carbocycles. The van der Waals surface area contributed by atoms with E-state index < -0.39 is 15.9 Å². The number of nitrogens with one attached hydrogen (secondary N) is 2. The molecule has 0 spiro atoms. The summed E-state index contributed by atoms with van der Waals surface area (Å²) in [7, 11) is -2.29. The number of methoxy groups -OCH3 is 1. The molecule has 1 aromatic carbocycles. The largest absolute Gasteiger partial charge is 0.398 e. The smallest absolute Gasteiger partial charge is 0.241 e. The van der Waals surface area contributed by atoms with Crippen molar-refractivity contribution in [1.29, 1.82) is 0 Å². The Labute approximate surface area is 132 Å². The van der Waals surface area contributed by atoms with Crippen LogP contribution in [0.3, 0.4) is 0 Å². The number of nitrogen functional groups attached to an aromatic ring is 1. The normalized spacial score (nSPS) is 11.4. The second-order valence-corrected chi connectivity index (χ2v) is 6.90. The highest BCUT2D eigenvalue weighted by Gasteiger charge is 2.19. The summed E-state index contributed by atoms with van der Waals surface area (Å²) in [6.45, 7) is 1.99. The predicted octanol–water partition coefficient (Wildman–Crippen LogP) is 0.381. The molecule has 0 radical (unpaired) electrons. The zero-order valence-electron chi connectivity index (χ0n) is 11.8. The van der Waals surface area contributed by atoms with Crippen LogP contribution in [0.25, 0.3) is 0 Å². The lowest BCUT2D eigenvalue weighted by Crippen LogP contribution is -2.38. The van der Waals surface area contributed by atoms with E-state index in [1.54, 1.807) is 13.0 Å². The number of halogens is 1. The third-order valence-corrected chi connectivity index (χ3v) is 4.86. The van der Waals surface area contributed by atoms with Crippen LogP contribution in [0.2, 0.25) is 0 Å². The highest BCUT2D eigenvalue weighted by atomic mass is 79.9. The van der Waals surface area contributed by atoms with Crippen molar-refractivity contribution in [2.24, 2.45) is 0 Å². The van der Waals surface area contributed by atoms with Gasteiger partial charge in [-0.25, -0.2) is 13.1 Å². The van der Waals surface area contributed by atoms with E-state index in [0.717, 1.165) is 0 Å². The fourth-order valence-electron chi connectivity index (χ4n) is 1.55. The van der Waals surface area contributed by atoms with Gasteiger partial charge in [0, 0.05) is 23.8 Å². The van der Waals surface area contributed by atoms with Gasteiger partial charge in [-0.2, -0.15) is 0 Å². The molecule has 0 heterocycles. The number of anilines is 1. The first kappa shape index (κ1) is 17.9. The number of carbonyl (C=O) groups excluding carboxylic acids is 1. The van der Waals surface area contributed by atoms with Gasteiger partial charge in [0.15, 0.2) is 0 Å². The fourth-order valence-corrected chi connectivity index (χ4v) is 3.25. The van der Waals surface area contributed by atoms with Crippen molar-refractivity contribution in [2.75, 3.05) is 32.5 Å². The molecule has 118 valence electrons. The Kier molecular flexibility index (Phi) is 6.59. The molecule has 0 aromatic heterocycles. The number of hydrogen-bond donors (Lipinski definition) is 3. The van der Waals surface area contributed by atoms with E-state index in [0.29, 0.717) is 28.9 Å². The standard InChI is InChI=1S/C12H18BrN3O4S/c1-8-5-9(13)10(14)6-11(8)21(18,19)16-7-12(17)15-3-4-20-2/h5-6,16H,3-4,7,14H2,1-2H3,(H,15,17). The Morgan fingerprint density at radius 1 is 1.43 bits per heavy atom. The molecule has 1 aromatic rings. The average Bonchev–Trinajstić information content (AvgIpc) is 2.41. The minimum Gasteiger partial charge on any atom is -0.398 e. The molecule has 9 heteroatoms. The van der Waals surface area contributed by atoms with Crippen LogP contribution in [0, 0.1) is 6.92 Å². The molecule has 21 heavy (non-hydrogen) atoms. The zero-order valence-corrected chi connectivity index (χ0v) is 14.2. The lowest BCUT2D eigenvalue weighted by Gasteiger charge is -2.11. The first-order valence-corrected chi connectivity index (χ1v) is 8.36. The van der Waals surface area contributed by atoms with Crippen LogP contribution in [0.4, 0.5) is 5.69 Å². The highest BCUT2D eigenvalue weighted by molar-refractivity contribution is 9.10. The quantitative estimate of drug-likeness (QED) is 0.468. The Morgan fingerprint density at radius 3 is 2.71 bits per heavy atom.